The first-order valence-corrected chi connectivity index (χ1v) is 4.49. The van der Waals surface area contributed by atoms with Gasteiger partial charge >= 0.3 is 0 Å². The standard InChI is InChI=1S/C5H11O2P/c1-3-5-8(6,7)4-2/h3,5H,4H2,1-2H3,(H,6,7). The van der Waals surface area contributed by atoms with Crippen LogP contribution in [0.1, 0.15) is 13.8 Å². The van der Waals surface area contributed by atoms with E-state index < -0.39 is 7.37 Å². The molecular weight excluding hydrogens is 123 g/mol. The molecule has 0 fully saturated rings. The largest absolute Gasteiger partial charge is 0.341 e. The second-order valence-corrected chi connectivity index (χ2v) is 4.00. The van der Waals surface area contributed by atoms with Gasteiger partial charge in [0.25, 0.3) is 0 Å². The van der Waals surface area contributed by atoms with Crippen LogP contribution in [0.25, 0.3) is 0 Å². The van der Waals surface area contributed by atoms with E-state index in [-0.39, 0.29) is 0 Å². The molecule has 0 saturated carbocycles. The maximum absolute atomic E-state index is 10.7. The summed E-state index contributed by atoms with van der Waals surface area (Å²) in [4.78, 5) is 8.79. The normalized spacial score (nSPS) is 18.9. The lowest BCUT2D eigenvalue weighted by atomic mass is 10.8. The summed E-state index contributed by atoms with van der Waals surface area (Å²) in [6.07, 6.45) is 1.93. The number of allylic oxidation sites excluding steroid dienone is 1. The second kappa shape index (κ2) is 3.06. The van der Waals surface area contributed by atoms with Crippen LogP contribution in [0.15, 0.2) is 11.9 Å². The molecule has 0 heterocycles. The van der Waals surface area contributed by atoms with E-state index in [2.05, 4.69) is 0 Å². The highest BCUT2D eigenvalue weighted by atomic mass is 31.2. The minimum atomic E-state index is -2.85. The van der Waals surface area contributed by atoms with Crippen molar-refractivity contribution in [1.29, 1.82) is 0 Å². The van der Waals surface area contributed by atoms with E-state index >= 15 is 0 Å². The maximum Gasteiger partial charge on any atom is 0.222 e. The minimum absolute atomic E-state index is 0.331. The van der Waals surface area contributed by atoms with E-state index in [0.29, 0.717) is 6.16 Å². The molecule has 1 unspecified atom stereocenters. The van der Waals surface area contributed by atoms with Crippen molar-refractivity contribution in [2.75, 3.05) is 6.16 Å². The fourth-order valence-electron chi connectivity index (χ4n) is 0.338. The lowest BCUT2D eigenvalue weighted by Crippen LogP contribution is -1.75. The van der Waals surface area contributed by atoms with Crippen LogP contribution >= 0.6 is 7.37 Å². The Balaban J connectivity index is 3.93. The van der Waals surface area contributed by atoms with Gasteiger partial charge in [0.1, 0.15) is 0 Å². The lowest BCUT2D eigenvalue weighted by molar-refractivity contribution is 0.490. The Morgan fingerprint density at radius 3 is 2.38 bits per heavy atom. The van der Waals surface area contributed by atoms with E-state index in [1.54, 1.807) is 19.9 Å². The van der Waals surface area contributed by atoms with Crippen molar-refractivity contribution < 1.29 is 9.46 Å². The third-order valence-electron chi connectivity index (χ3n) is 0.835. The monoisotopic (exact) mass is 134 g/mol. The van der Waals surface area contributed by atoms with Gasteiger partial charge in [0.05, 0.1) is 0 Å². The van der Waals surface area contributed by atoms with Crippen molar-refractivity contribution in [1.82, 2.24) is 0 Å². The molecule has 8 heavy (non-hydrogen) atoms. The Morgan fingerprint density at radius 1 is 1.75 bits per heavy atom. The SMILES string of the molecule is CC=CP(=O)(O)CC. The van der Waals surface area contributed by atoms with Gasteiger partial charge in [0.2, 0.25) is 7.37 Å². The first kappa shape index (κ1) is 7.93. The predicted octanol–water partition coefficient (Wildman–Crippen LogP) is 1.81. The van der Waals surface area contributed by atoms with Crippen molar-refractivity contribution >= 4 is 7.37 Å². The fraction of sp³-hybridized carbons (Fsp3) is 0.600. The molecule has 3 heteroatoms. The molecule has 1 N–H and O–H groups in total. The van der Waals surface area contributed by atoms with Gasteiger partial charge in [-0.05, 0) is 12.7 Å². The van der Waals surface area contributed by atoms with Crippen LogP contribution in [0.2, 0.25) is 0 Å². The summed E-state index contributed by atoms with van der Waals surface area (Å²) in [7, 11) is -2.85. The molecule has 1 atom stereocenters. The van der Waals surface area contributed by atoms with Crippen molar-refractivity contribution in [3.05, 3.63) is 11.9 Å². The Bertz CT molecular complexity index is 128. The molecule has 0 aromatic heterocycles. The highest BCUT2D eigenvalue weighted by Crippen LogP contribution is 2.40. The molecule has 2 nitrogen and oxygen atoms in total. The van der Waals surface area contributed by atoms with E-state index in [0.717, 1.165) is 0 Å². The Labute approximate surface area is 49.7 Å². The summed E-state index contributed by atoms with van der Waals surface area (Å²) in [5.41, 5.74) is 0. The molecule has 0 aliphatic carbocycles. The van der Waals surface area contributed by atoms with Gasteiger partial charge in [0, 0.05) is 6.16 Å². The first-order valence-electron chi connectivity index (χ1n) is 2.57. The minimum Gasteiger partial charge on any atom is -0.341 e. The van der Waals surface area contributed by atoms with Crippen molar-refractivity contribution in [3.63, 3.8) is 0 Å². The first-order chi connectivity index (χ1) is 3.62. The van der Waals surface area contributed by atoms with Crippen molar-refractivity contribution in [3.8, 4) is 0 Å². The van der Waals surface area contributed by atoms with Crippen LogP contribution in [0, 0.1) is 0 Å². The zero-order valence-electron chi connectivity index (χ0n) is 5.16. The van der Waals surface area contributed by atoms with Gasteiger partial charge in [-0.3, -0.25) is 4.57 Å². The highest BCUT2D eigenvalue weighted by Gasteiger charge is 2.06. The molecule has 0 aliphatic rings. The van der Waals surface area contributed by atoms with Gasteiger partial charge < -0.3 is 4.89 Å². The molecule has 0 saturated heterocycles. The molecule has 48 valence electrons. The molecule has 0 radical (unpaired) electrons. The van der Waals surface area contributed by atoms with Gasteiger partial charge in [-0.25, -0.2) is 0 Å². The van der Waals surface area contributed by atoms with E-state index in [9.17, 15) is 4.57 Å². The molecule has 0 aromatic rings. The molecule has 0 aromatic carbocycles. The summed E-state index contributed by atoms with van der Waals surface area (Å²) in [5.74, 6) is 1.35. The topological polar surface area (TPSA) is 37.3 Å². The smallest absolute Gasteiger partial charge is 0.222 e. The predicted molar refractivity (Wildman–Crippen MR) is 35.2 cm³/mol. The number of hydrogen-bond acceptors (Lipinski definition) is 1. The van der Waals surface area contributed by atoms with Crippen LogP contribution in [-0.4, -0.2) is 11.1 Å². The highest BCUT2D eigenvalue weighted by molar-refractivity contribution is 7.61. The molecule has 0 rings (SSSR count). The van der Waals surface area contributed by atoms with Crippen LogP contribution in [-0.2, 0) is 4.57 Å². The Kier molecular flexibility index (Phi) is 3.03. The summed E-state index contributed by atoms with van der Waals surface area (Å²) < 4.78 is 10.7. The van der Waals surface area contributed by atoms with Crippen LogP contribution < -0.4 is 0 Å². The van der Waals surface area contributed by atoms with Crippen LogP contribution in [0.4, 0.5) is 0 Å². The van der Waals surface area contributed by atoms with Crippen molar-refractivity contribution in [2.45, 2.75) is 13.8 Å². The second-order valence-electron chi connectivity index (χ2n) is 1.55. The zero-order valence-corrected chi connectivity index (χ0v) is 6.06. The summed E-state index contributed by atoms with van der Waals surface area (Å²) in [5, 5.41) is 0. The molecular formula is C5H11O2P. The fourth-order valence-corrected chi connectivity index (χ4v) is 1.02. The van der Waals surface area contributed by atoms with Crippen LogP contribution in [0.5, 0.6) is 0 Å². The van der Waals surface area contributed by atoms with E-state index in [1.165, 1.54) is 5.82 Å². The zero-order chi connectivity index (χ0) is 6.62. The Hall–Kier alpha value is -0.0700. The van der Waals surface area contributed by atoms with E-state index in [4.69, 9.17) is 4.89 Å². The lowest BCUT2D eigenvalue weighted by Gasteiger charge is -1.98. The average Bonchev–Trinajstić information content (AvgIpc) is 1.67. The molecule has 0 aliphatic heterocycles. The average molecular weight is 134 g/mol. The molecule has 0 spiro atoms. The van der Waals surface area contributed by atoms with Crippen LogP contribution in [0.3, 0.4) is 0 Å². The molecule has 0 amide bonds. The van der Waals surface area contributed by atoms with Gasteiger partial charge in [-0.1, -0.05) is 13.0 Å². The number of hydrogen-bond donors (Lipinski definition) is 1. The quantitative estimate of drug-likeness (QED) is 0.585. The van der Waals surface area contributed by atoms with Crippen molar-refractivity contribution in [2.24, 2.45) is 0 Å². The van der Waals surface area contributed by atoms with Gasteiger partial charge in [-0.2, -0.15) is 0 Å². The molecule has 0 bridgehead atoms. The summed E-state index contributed by atoms with van der Waals surface area (Å²) >= 11 is 0. The third-order valence-corrected chi connectivity index (χ3v) is 2.51. The summed E-state index contributed by atoms with van der Waals surface area (Å²) in [6, 6.07) is 0. The third kappa shape index (κ3) is 3.00. The van der Waals surface area contributed by atoms with E-state index in [1.807, 2.05) is 0 Å². The summed E-state index contributed by atoms with van der Waals surface area (Å²) in [6.45, 7) is 3.43. The maximum atomic E-state index is 10.7. The Morgan fingerprint density at radius 2 is 2.25 bits per heavy atom. The van der Waals surface area contributed by atoms with Gasteiger partial charge in [-0.15, -0.1) is 0 Å². The van der Waals surface area contributed by atoms with Gasteiger partial charge in [0.15, 0.2) is 0 Å². The number of rotatable bonds is 2.